The number of aromatic nitrogens is 2. The summed E-state index contributed by atoms with van der Waals surface area (Å²) >= 11 is 0. The third-order valence-electron chi connectivity index (χ3n) is 2.33. The lowest BCUT2D eigenvalue weighted by Gasteiger charge is -1.99. The van der Waals surface area contributed by atoms with Gasteiger partial charge in [0.15, 0.2) is 11.5 Å². The second-order valence-corrected chi connectivity index (χ2v) is 3.48. The molecule has 0 bridgehead atoms. The number of rotatable bonds is 3. The van der Waals surface area contributed by atoms with E-state index < -0.39 is 11.8 Å². The summed E-state index contributed by atoms with van der Waals surface area (Å²) < 4.78 is 19.6. The van der Waals surface area contributed by atoms with Crippen LogP contribution in [-0.2, 0) is 16.0 Å². The third kappa shape index (κ3) is 2.06. The fourth-order valence-corrected chi connectivity index (χ4v) is 1.58. The van der Waals surface area contributed by atoms with Gasteiger partial charge in [-0.05, 0) is 19.1 Å². The van der Waals surface area contributed by atoms with Gasteiger partial charge >= 0.3 is 5.97 Å². The Kier molecular flexibility index (Phi) is 2.95. The van der Waals surface area contributed by atoms with E-state index in [1.807, 2.05) is 0 Å². The molecule has 6 heteroatoms. The molecule has 0 spiro atoms. The summed E-state index contributed by atoms with van der Waals surface area (Å²) in [6, 6.07) is 2.81. The maximum Gasteiger partial charge on any atom is 0.312 e. The summed E-state index contributed by atoms with van der Waals surface area (Å²) in [6.45, 7) is 2.01. The monoisotopic (exact) mass is 237 g/mol. The van der Waals surface area contributed by atoms with Crippen LogP contribution in [0.15, 0.2) is 18.3 Å². The minimum atomic E-state index is -0.477. The lowest BCUT2D eigenvalue weighted by atomic mass is 10.3. The lowest BCUT2D eigenvalue weighted by Crippen LogP contribution is -2.09. The Bertz CT molecular complexity index is 565. The molecule has 0 aromatic carbocycles. The van der Waals surface area contributed by atoms with Gasteiger partial charge in [0, 0.05) is 6.20 Å². The fraction of sp³-hybridized carbons (Fsp3) is 0.273. The number of carbonyl (C=O) groups excluding carboxylic acids is 1. The number of nitrogens with zero attached hydrogens (tertiary/aromatic N) is 2. The van der Waals surface area contributed by atoms with Gasteiger partial charge in [-0.3, -0.25) is 9.20 Å². The van der Waals surface area contributed by atoms with Gasteiger partial charge in [0.25, 0.3) is 0 Å². The van der Waals surface area contributed by atoms with Crippen LogP contribution < -0.4 is 5.73 Å². The number of ether oxygens (including phenoxy) is 1. The summed E-state index contributed by atoms with van der Waals surface area (Å²) in [5.74, 6) is -0.648. The summed E-state index contributed by atoms with van der Waals surface area (Å²) in [7, 11) is 0. The molecule has 0 radical (unpaired) electrons. The number of esters is 1. The van der Waals surface area contributed by atoms with Gasteiger partial charge < -0.3 is 10.5 Å². The van der Waals surface area contributed by atoms with E-state index in [4.69, 9.17) is 10.5 Å². The Balaban J connectivity index is 2.39. The van der Waals surface area contributed by atoms with Crippen LogP contribution in [0, 0.1) is 5.82 Å². The molecule has 90 valence electrons. The van der Waals surface area contributed by atoms with Gasteiger partial charge in [-0.2, -0.15) is 0 Å². The zero-order valence-corrected chi connectivity index (χ0v) is 9.31. The van der Waals surface area contributed by atoms with Crippen molar-refractivity contribution >= 4 is 17.4 Å². The predicted molar refractivity (Wildman–Crippen MR) is 59.9 cm³/mol. The Labute approximate surface area is 97.0 Å². The zero-order valence-electron chi connectivity index (χ0n) is 9.31. The Morgan fingerprint density at radius 3 is 3.06 bits per heavy atom. The Morgan fingerprint density at radius 2 is 2.41 bits per heavy atom. The topological polar surface area (TPSA) is 69.6 Å². The first-order valence-corrected chi connectivity index (χ1v) is 5.20. The molecule has 0 unspecified atom stereocenters. The van der Waals surface area contributed by atoms with Crippen molar-refractivity contribution in [1.82, 2.24) is 9.38 Å². The largest absolute Gasteiger partial charge is 0.466 e. The second kappa shape index (κ2) is 4.40. The van der Waals surface area contributed by atoms with Gasteiger partial charge in [-0.1, -0.05) is 0 Å². The number of fused-ring (bicyclic) bond motifs is 1. The quantitative estimate of drug-likeness (QED) is 0.813. The molecule has 0 saturated carbocycles. The second-order valence-electron chi connectivity index (χ2n) is 3.48. The molecule has 17 heavy (non-hydrogen) atoms. The lowest BCUT2D eigenvalue weighted by molar-refractivity contribution is -0.142. The minimum absolute atomic E-state index is 0.0548. The molecule has 0 atom stereocenters. The minimum Gasteiger partial charge on any atom is -0.466 e. The van der Waals surface area contributed by atoms with Gasteiger partial charge in [-0.25, -0.2) is 9.37 Å². The summed E-state index contributed by atoms with van der Waals surface area (Å²) in [6.07, 6.45) is 1.54. The predicted octanol–water partition coefficient (Wildman–Crippen LogP) is 1.16. The normalized spacial score (nSPS) is 10.7. The molecule has 2 N–H and O–H groups in total. The molecular weight excluding hydrogens is 225 g/mol. The Morgan fingerprint density at radius 1 is 1.65 bits per heavy atom. The van der Waals surface area contributed by atoms with Crippen molar-refractivity contribution in [3.63, 3.8) is 0 Å². The van der Waals surface area contributed by atoms with E-state index in [0.29, 0.717) is 12.3 Å². The van der Waals surface area contributed by atoms with E-state index in [1.54, 1.807) is 13.1 Å². The average Bonchev–Trinajstić information content (AvgIpc) is 2.59. The number of nitrogen functional groups attached to an aromatic ring is 1. The summed E-state index contributed by atoms with van der Waals surface area (Å²) in [5.41, 5.74) is 6.22. The van der Waals surface area contributed by atoms with Crippen LogP contribution in [0.25, 0.3) is 5.65 Å². The van der Waals surface area contributed by atoms with Gasteiger partial charge in [0.1, 0.15) is 5.82 Å². The third-order valence-corrected chi connectivity index (χ3v) is 2.33. The van der Waals surface area contributed by atoms with Gasteiger partial charge in [0.2, 0.25) is 0 Å². The first-order valence-electron chi connectivity index (χ1n) is 5.20. The maximum absolute atomic E-state index is 13.4. The number of hydrogen-bond acceptors (Lipinski definition) is 4. The van der Waals surface area contributed by atoms with Gasteiger partial charge in [0.05, 0.1) is 18.7 Å². The number of imidazole rings is 1. The molecule has 2 aromatic rings. The van der Waals surface area contributed by atoms with E-state index in [2.05, 4.69) is 4.98 Å². The highest BCUT2D eigenvalue weighted by atomic mass is 19.1. The number of carbonyl (C=O) groups is 1. The highest BCUT2D eigenvalue weighted by molar-refractivity contribution is 5.74. The van der Waals surface area contributed by atoms with Crippen molar-refractivity contribution in [1.29, 1.82) is 0 Å². The summed E-state index contributed by atoms with van der Waals surface area (Å²) in [4.78, 5) is 15.3. The molecule has 0 aliphatic carbocycles. The number of halogens is 1. The molecule has 0 amide bonds. The molecule has 0 aliphatic rings. The zero-order chi connectivity index (χ0) is 12.4. The number of pyridine rings is 1. The van der Waals surface area contributed by atoms with Crippen LogP contribution in [0.5, 0.6) is 0 Å². The molecule has 5 nitrogen and oxygen atoms in total. The average molecular weight is 237 g/mol. The number of hydrogen-bond donors (Lipinski definition) is 1. The standard InChI is InChI=1S/C11H12FN3O2/c1-2-17-9(16)6-8-10(13)15-5-3-4-7(12)11(15)14-8/h3-5H,2,6,13H2,1H3. The van der Waals surface area contributed by atoms with Crippen LogP contribution >= 0.6 is 0 Å². The molecule has 2 heterocycles. The van der Waals surface area contributed by atoms with E-state index >= 15 is 0 Å². The molecule has 0 saturated heterocycles. The summed E-state index contributed by atoms with van der Waals surface area (Å²) in [5, 5.41) is 0. The van der Waals surface area contributed by atoms with Crippen molar-refractivity contribution in [2.45, 2.75) is 13.3 Å². The van der Waals surface area contributed by atoms with Crippen LogP contribution in [0.2, 0.25) is 0 Å². The molecule has 2 rings (SSSR count). The van der Waals surface area contributed by atoms with Crippen LogP contribution in [0.3, 0.4) is 0 Å². The number of anilines is 1. The highest BCUT2D eigenvalue weighted by Crippen LogP contribution is 2.17. The first-order chi connectivity index (χ1) is 8.13. The number of nitrogens with two attached hydrogens (primary N) is 1. The molecule has 0 fully saturated rings. The van der Waals surface area contributed by atoms with Crippen LogP contribution in [0.4, 0.5) is 10.2 Å². The van der Waals surface area contributed by atoms with E-state index in [0.717, 1.165) is 0 Å². The van der Waals surface area contributed by atoms with Crippen molar-refractivity contribution in [2.24, 2.45) is 0 Å². The van der Waals surface area contributed by atoms with Crippen LogP contribution in [-0.4, -0.2) is 22.0 Å². The first kappa shape index (κ1) is 11.4. The maximum atomic E-state index is 13.4. The molecular formula is C11H12FN3O2. The Hall–Kier alpha value is -2.11. The van der Waals surface area contributed by atoms with Crippen molar-refractivity contribution in [3.05, 3.63) is 29.8 Å². The van der Waals surface area contributed by atoms with Gasteiger partial charge in [-0.15, -0.1) is 0 Å². The van der Waals surface area contributed by atoms with Crippen molar-refractivity contribution < 1.29 is 13.9 Å². The van der Waals surface area contributed by atoms with E-state index in [-0.39, 0.29) is 17.9 Å². The molecule has 0 aliphatic heterocycles. The SMILES string of the molecule is CCOC(=O)Cc1nc2c(F)cccn2c1N. The van der Waals surface area contributed by atoms with E-state index in [1.165, 1.54) is 16.5 Å². The smallest absolute Gasteiger partial charge is 0.312 e. The van der Waals surface area contributed by atoms with Crippen molar-refractivity contribution in [3.8, 4) is 0 Å². The molecule has 2 aromatic heterocycles. The van der Waals surface area contributed by atoms with E-state index in [9.17, 15) is 9.18 Å². The fourth-order valence-electron chi connectivity index (χ4n) is 1.58. The van der Waals surface area contributed by atoms with Crippen molar-refractivity contribution in [2.75, 3.05) is 12.3 Å². The highest BCUT2D eigenvalue weighted by Gasteiger charge is 2.15. The van der Waals surface area contributed by atoms with Crippen LogP contribution in [0.1, 0.15) is 12.6 Å².